The lowest BCUT2D eigenvalue weighted by Crippen LogP contribution is -2.51. The van der Waals surface area contributed by atoms with Crippen LogP contribution >= 0.6 is 0 Å². The molecule has 9 heteroatoms. The minimum absolute atomic E-state index is 0.0955. The van der Waals surface area contributed by atoms with Crippen LogP contribution in [0.5, 0.6) is 5.75 Å². The molecule has 5 rings (SSSR count). The maximum absolute atomic E-state index is 13.9. The molecule has 0 aliphatic carbocycles. The molecule has 3 atom stereocenters. The van der Waals surface area contributed by atoms with Crippen LogP contribution in [0.15, 0.2) is 48.5 Å². The van der Waals surface area contributed by atoms with Crippen LogP contribution in [0, 0.1) is 17.2 Å². The number of ether oxygens (including phenoxy) is 1. The average molecular weight is 514 g/mol. The molecule has 2 aliphatic rings. The van der Waals surface area contributed by atoms with Gasteiger partial charge in [0.25, 0.3) is 5.91 Å². The molecule has 196 valence electrons. The molecule has 2 aromatic carbocycles. The standard InChI is InChI=1S/C29H31N5O4/c1-17(2)12-23(32-26(35)22-13-19-21(31-22)9-7-11-25(19)38-4)27(36)34-16-29(14-18(34)15-30)20-8-5-6-10-24(20)33(3)28(29)37/h5-11,13,17-18,23,31H,12,14,16H2,1-4H3,(H,32,35)/t18-,23-,29-/m0/s1. The van der Waals surface area contributed by atoms with Crippen LogP contribution in [0.25, 0.3) is 10.9 Å². The quantitative estimate of drug-likeness (QED) is 0.524. The number of anilines is 1. The summed E-state index contributed by atoms with van der Waals surface area (Å²) in [6.07, 6.45) is 0.611. The molecule has 0 unspecified atom stereocenters. The summed E-state index contributed by atoms with van der Waals surface area (Å²) in [5.74, 6) is -0.163. The van der Waals surface area contributed by atoms with E-state index in [1.54, 1.807) is 25.1 Å². The van der Waals surface area contributed by atoms with Crippen molar-refractivity contribution in [3.63, 3.8) is 0 Å². The van der Waals surface area contributed by atoms with Crippen molar-refractivity contribution in [2.45, 2.75) is 44.2 Å². The first-order chi connectivity index (χ1) is 18.2. The molecule has 9 nitrogen and oxygen atoms in total. The number of nitrogens with zero attached hydrogens (tertiary/aromatic N) is 3. The monoisotopic (exact) mass is 513 g/mol. The normalized spacial score (nSPS) is 21.2. The number of H-pyrrole nitrogens is 1. The number of carbonyl (C=O) groups excluding carboxylic acids is 3. The summed E-state index contributed by atoms with van der Waals surface area (Å²) < 4.78 is 5.40. The third kappa shape index (κ3) is 3.97. The van der Waals surface area contributed by atoms with E-state index < -0.39 is 23.4 Å². The van der Waals surface area contributed by atoms with E-state index in [-0.39, 0.29) is 30.7 Å². The van der Waals surface area contributed by atoms with Crippen LogP contribution in [0.1, 0.15) is 42.7 Å². The Hall–Kier alpha value is -4.32. The van der Waals surface area contributed by atoms with Gasteiger partial charge in [-0.3, -0.25) is 14.4 Å². The molecule has 3 heterocycles. The van der Waals surface area contributed by atoms with Gasteiger partial charge in [0, 0.05) is 36.6 Å². The van der Waals surface area contributed by atoms with Crippen molar-refractivity contribution in [1.29, 1.82) is 5.26 Å². The summed E-state index contributed by atoms with van der Waals surface area (Å²) in [7, 11) is 3.29. The number of carbonyl (C=O) groups is 3. The van der Waals surface area contributed by atoms with E-state index in [0.717, 1.165) is 22.2 Å². The Morgan fingerprint density at radius 1 is 1.24 bits per heavy atom. The van der Waals surface area contributed by atoms with Gasteiger partial charge in [-0.1, -0.05) is 38.1 Å². The van der Waals surface area contributed by atoms with E-state index in [1.807, 2.05) is 56.3 Å². The molecular formula is C29H31N5O4. The molecule has 1 saturated heterocycles. The van der Waals surface area contributed by atoms with Gasteiger partial charge in [0.2, 0.25) is 11.8 Å². The fourth-order valence-electron chi connectivity index (χ4n) is 5.88. The van der Waals surface area contributed by atoms with Gasteiger partial charge >= 0.3 is 0 Å². The Balaban J connectivity index is 1.43. The van der Waals surface area contributed by atoms with Crippen molar-refractivity contribution >= 4 is 34.3 Å². The first-order valence-electron chi connectivity index (χ1n) is 12.7. The molecule has 1 fully saturated rings. The number of likely N-dealkylation sites (N-methyl/N-ethyl adjacent to an activating group) is 1. The molecule has 2 N–H and O–H groups in total. The van der Waals surface area contributed by atoms with Gasteiger partial charge in [0.05, 0.1) is 18.6 Å². The number of nitriles is 1. The molecule has 3 aromatic rings. The van der Waals surface area contributed by atoms with E-state index >= 15 is 0 Å². The van der Waals surface area contributed by atoms with Crippen molar-refractivity contribution in [2.75, 3.05) is 25.6 Å². The second-order valence-corrected chi connectivity index (χ2v) is 10.5. The minimum atomic E-state index is -0.971. The lowest BCUT2D eigenvalue weighted by molar-refractivity contribution is -0.134. The van der Waals surface area contributed by atoms with Gasteiger partial charge in [0.1, 0.15) is 23.5 Å². The number of benzene rings is 2. The molecule has 0 saturated carbocycles. The molecule has 38 heavy (non-hydrogen) atoms. The number of methoxy groups -OCH3 is 1. The molecule has 3 amide bonds. The highest BCUT2D eigenvalue weighted by molar-refractivity contribution is 6.09. The van der Waals surface area contributed by atoms with E-state index in [4.69, 9.17) is 4.74 Å². The second kappa shape index (κ2) is 9.53. The Bertz CT molecular complexity index is 1470. The predicted molar refractivity (Wildman–Crippen MR) is 143 cm³/mol. The van der Waals surface area contributed by atoms with Gasteiger partial charge in [-0.15, -0.1) is 0 Å². The van der Waals surface area contributed by atoms with Gasteiger partial charge in [-0.2, -0.15) is 5.26 Å². The molecule has 0 bridgehead atoms. The highest BCUT2D eigenvalue weighted by Crippen LogP contribution is 2.48. The zero-order valence-corrected chi connectivity index (χ0v) is 21.9. The summed E-state index contributed by atoms with van der Waals surface area (Å²) >= 11 is 0. The third-order valence-electron chi connectivity index (χ3n) is 7.68. The zero-order valence-electron chi connectivity index (χ0n) is 21.9. The van der Waals surface area contributed by atoms with Crippen molar-refractivity contribution in [1.82, 2.24) is 15.2 Å². The summed E-state index contributed by atoms with van der Waals surface area (Å²) in [4.78, 5) is 46.9. The van der Waals surface area contributed by atoms with Crippen LogP contribution in [0.3, 0.4) is 0 Å². The highest BCUT2D eigenvalue weighted by atomic mass is 16.5. The fourth-order valence-corrected chi connectivity index (χ4v) is 5.88. The lowest BCUT2D eigenvalue weighted by atomic mass is 9.79. The van der Waals surface area contributed by atoms with Crippen molar-refractivity contribution in [3.05, 3.63) is 59.8 Å². The van der Waals surface area contributed by atoms with Gasteiger partial charge < -0.3 is 24.8 Å². The summed E-state index contributed by atoms with van der Waals surface area (Å²) in [6, 6.07) is 15.3. The Morgan fingerprint density at radius 3 is 2.71 bits per heavy atom. The number of fused-ring (bicyclic) bond motifs is 3. The number of hydrogen-bond donors (Lipinski definition) is 2. The van der Waals surface area contributed by atoms with Crippen LogP contribution < -0.4 is 15.0 Å². The smallest absolute Gasteiger partial charge is 0.268 e. The number of likely N-dealkylation sites (tertiary alicyclic amines) is 1. The van der Waals surface area contributed by atoms with Crippen LogP contribution in [-0.4, -0.2) is 60.4 Å². The number of para-hydroxylation sites is 1. The molecule has 1 spiro atoms. The number of aromatic nitrogens is 1. The van der Waals surface area contributed by atoms with E-state index in [1.165, 1.54) is 4.90 Å². The van der Waals surface area contributed by atoms with E-state index in [9.17, 15) is 19.6 Å². The van der Waals surface area contributed by atoms with Gasteiger partial charge in [-0.25, -0.2) is 0 Å². The van der Waals surface area contributed by atoms with Crippen molar-refractivity contribution in [3.8, 4) is 11.8 Å². The van der Waals surface area contributed by atoms with Gasteiger partial charge in [-0.05, 0) is 42.2 Å². The van der Waals surface area contributed by atoms with Crippen molar-refractivity contribution < 1.29 is 19.1 Å². The van der Waals surface area contributed by atoms with E-state index in [2.05, 4.69) is 16.4 Å². The van der Waals surface area contributed by atoms with E-state index in [0.29, 0.717) is 17.9 Å². The highest BCUT2D eigenvalue weighted by Gasteiger charge is 2.58. The topological polar surface area (TPSA) is 119 Å². The maximum Gasteiger partial charge on any atom is 0.268 e. The third-order valence-corrected chi connectivity index (χ3v) is 7.68. The Morgan fingerprint density at radius 2 is 2.00 bits per heavy atom. The molecule has 0 radical (unpaired) electrons. The number of aromatic amines is 1. The maximum atomic E-state index is 13.9. The fraction of sp³-hybridized carbons (Fsp3) is 0.379. The molecule has 1 aromatic heterocycles. The summed E-state index contributed by atoms with van der Waals surface area (Å²) in [6.45, 7) is 4.04. The van der Waals surface area contributed by atoms with Crippen LogP contribution in [0.2, 0.25) is 0 Å². The zero-order chi connectivity index (χ0) is 27.2. The molecule has 2 aliphatic heterocycles. The largest absolute Gasteiger partial charge is 0.496 e. The first-order valence-corrected chi connectivity index (χ1v) is 12.7. The predicted octanol–water partition coefficient (Wildman–Crippen LogP) is 3.36. The number of nitrogens with one attached hydrogen (secondary N) is 2. The van der Waals surface area contributed by atoms with Crippen LogP contribution in [-0.2, 0) is 15.0 Å². The van der Waals surface area contributed by atoms with Crippen molar-refractivity contribution in [2.24, 2.45) is 5.92 Å². The Kier molecular flexibility index (Phi) is 6.35. The minimum Gasteiger partial charge on any atom is -0.496 e. The average Bonchev–Trinajstić information content (AvgIpc) is 3.58. The first kappa shape index (κ1) is 25.3. The number of hydrogen-bond acceptors (Lipinski definition) is 5. The number of rotatable bonds is 6. The Labute approximate surface area is 221 Å². The summed E-state index contributed by atoms with van der Waals surface area (Å²) in [5, 5.41) is 13.7. The van der Waals surface area contributed by atoms with Gasteiger partial charge in [0.15, 0.2) is 0 Å². The second-order valence-electron chi connectivity index (χ2n) is 10.5. The number of amides is 3. The SMILES string of the molecule is COc1cccc2[nH]c(C(=O)N[C@@H](CC(C)C)C(=O)N3C[C@]4(C[C@H]3C#N)C(=O)N(C)c3ccccc34)cc12. The summed E-state index contributed by atoms with van der Waals surface area (Å²) in [5.41, 5.74) is 1.71. The van der Waals surface area contributed by atoms with Crippen LogP contribution in [0.4, 0.5) is 5.69 Å². The lowest BCUT2D eigenvalue weighted by Gasteiger charge is -2.28. The molecular weight excluding hydrogens is 482 g/mol.